The van der Waals surface area contributed by atoms with E-state index in [1.54, 1.807) is 42.5 Å². The topological polar surface area (TPSA) is 55.5 Å². The van der Waals surface area contributed by atoms with E-state index >= 15 is 0 Å². The smallest absolute Gasteiger partial charge is 0.127 e. The molecule has 0 amide bonds. The molecular weight excluding hydrogens is 250 g/mol. The summed E-state index contributed by atoms with van der Waals surface area (Å²) < 4.78 is 5.63. The lowest BCUT2D eigenvalue weighted by Gasteiger charge is -2.11. The number of aliphatic hydroxyl groups excluding tert-OH is 1. The molecule has 0 saturated carbocycles. The molecule has 18 heavy (non-hydrogen) atoms. The van der Waals surface area contributed by atoms with Gasteiger partial charge in [-0.2, -0.15) is 0 Å². The van der Waals surface area contributed by atoms with E-state index < -0.39 is 6.10 Å². The number of hydrogen-bond donors (Lipinski definition) is 2. The standard InChI is InChI=1S/C14H13ClNO2/c1-9(17)13-8-12(6-7-14(13)16)18-11-4-2-10(15)3-5-11/h2-9,17H,1,16H2. The van der Waals surface area contributed by atoms with Gasteiger partial charge in [-0.1, -0.05) is 11.6 Å². The van der Waals surface area contributed by atoms with Crippen molar-refractivity contribution in [3.8, 4) is 11.5 Å². The van der Waals surface area contributed by atoms with Crippen molar-refractivity contribution in [2.75, 3.05) is 5.73 Å². The molecule has 2 rings (SSSR count). The molecule has 1 atom stereocenters. The molecule has 0 fully saturated rings. The number of halogens is 1. The molecule has 3 nitrogen and oxygen atoms in total. The van der Waals surface area contributed by atoms with E-state index in [9.17, 15) is 5.11 Å². The summed E-state index contributed by atoms with van der Waals surface area (Å²) in [6.45, 7) is 3.53. The van der Waals surface area contributed by atoms with Gasteiger partial charge in [0.15, 0.2) is 0 Å². The molecular formula is C14H13ClNO2. The number of anilines is 1. The predicted molar refractivity (Wildman–Crippen MR) is 72.7 cm³/mol. The van der Waals surface area contributed by atoms with Gasteiger partial charge in [-0.15, -0.1) is 0 Å². The molecule has 2 aromatic carbocycles. The second-order valence-corrected chi connectivity index (χ2v) is 4.30. The molecule has 4 heteroatoms. The monoisotopic (exact) mass is 262 g/mol. The van der Waals surface area contributed by atoms with Crippen LogP contribution in [0.15, 0.2) is 42.5 Å². The second kappa shape index (κ2) is 5.29. The maximum atomic E-state index is 9.47. The summed E-state index contributed by atoms with van der Waals surface area (Å²) in [5, 5.41) is 10.1. The molecule has 0 aromatic heterocycles. The van der Waals surface area contributed by atoms with Gasteiger partial charge in [0.1, 0.15) is 11.5 Å². The molecule has 1 radical (unpaired) electrons. The summed E-state index contributed by atoms with van der Waals surface area (Å²) in [5.74, 6) is 1.25. The fourth-order valence-corrected chi connectivity index (χ4v) is 1.67. The second-order valence-electron chi connectivity index (χ2n) is 3.86. The summed E-state index contributed by atoms with van der Waals surface area (Å²) in [5.41, 5.74) is 6.76. The first kappa shape index (κ1) is 12.7. The Morgan fingerprint density at radius 1 is 1.11 bits per heavy atom. The molecule has 0 spiro atoms. The lowest BCUT2D eigenvalue weighted by atomic mass is 10.1. The van der Waals surface area contributed by atoms with Crippen LogP contribution in [0.1, 0.15) is 11.7 Å². The third-order valence-electron chi connectivity index (χ3n) is 2.47. The van der Waals surface area contributed by atoms with Gasteiger partial charge in [0, 0.05) is 16.3 Å². The minimum absolute atomic E-state index is 0.487. The van der Waals surface area contributed by atoms with E-state index in [4.69, 9.17) is 22.1 Å². The maximum Gasteiger partial charge on any atom is 0.127 e. The first-order valence-corrected chi connectivity index (χ1v) is 5.78. The van der Waals surface area contributed by atoms with Crippen molar-refractivity contribution in [2.45, 2.75) is 6.10 Å². The van der Waals surface area contributed by atoms with Gasteiger partial charge in [0.05, 0.1) is 6.10 Å². The highest BCUT2D eigenvalue weighted by atomic mass is 35.5. The summed E-state index contributed by atoms with van der Waals surface area (Å²) in [4.78, 5) is 0. The van der Waals surface area contributed by atoms with E-state index in [2.05, 4.69) is 6.92 Å². The van der Waals surface area contributed by atoms with Gasteiger partial charge in [0.25, 0.3) is 0 Å². The highest BCUT2D eigenvalue weighted by molar-refractivity contribution is 6.30. The highest BCUT2D eigenvalue weighted by Crippen LogP contribution is 2.28. The van der Waals surface area contributed by atoms with Crippen LogP contribution < -0.4 is 10.5 Å². The third kappa shape index (κ3) is 2.94. The molecule has 0 aliphatic heterocycles. The predicted octanol–water partition coefficient (Wildman–Crippen LogP) is 3.58. The molecule has 2 aromatic rings. The summed E-state index contributed by atoms with van der Waals surface area (Å²) in [6, 6.07) is 12.1. The molecule has 0 heterocycles. The maximum absolute atomic E-state index is 9.47. The number of ether oxygens (including phenoxy) is 1. The van der Waals surface area contributed by atoms with Crippen LogP contribution in [0.3, 0.4) is 0 Å². The highest BCUT2D eigenvalue weighted by Gasteiger charge is 2.08. The zero-order valence-electron chi connectivity index (χ0n) is 9.64. The van der Waals surface area contributed by atoms with Crippen LogP contribution >= 0.6 is 11.6 Å². The van der Waals surface area contributed by atoms with Crippen LogP contribution in [0.2, 0.25) is 5.02 Å². The van der Waals surface area contributed by atoms with E-state index in [1.165, 1.54) is 0 Å². The minimum Gasteiger partial charge on any atom is -0.457 e. The Balaban J connectivity index is 2.24. The van der Waals surface area contributed by atoms with Gasteiger partial charge in [-0.25, -0.2) is 0 Å². The number of aliphatic hydroxyl groups is 1. The van der Waals surface area contributed by atoms with Crippen LogP contribution in [0, 0.1) is 6.92 Å². The molecule has 0 aliphatic rings. The van der Waals surface area contributed by atoms with Crippen molar-refractivity contribution < 1.29 is 9.84 Å². The van der Waals surface area contributed by atoms with Crippen LogP contribution in [-0.2, 0) is 0 Å². The lowest BCUT2D eigenvalue weighted by molar-refractivity contribution is 0.226. The lowest BCUT2D eigenvalue weighted by Crippen LogP contribution is -1.99. The Morgan fingerprint density at radius 3 is 2.33 bits per heavy atom. The molecule has 93 valence electrons. The average Bonchev–Trinajstić information content (AvgIpc) is 2.34. The number of benzene rings is 2. The Labute approximate surface area is 111 Å². The van der Waals surface area contributed by atoms with Crippen molar-refractivity contribution in [1.29, 1.82) is 0 Å². The fourth-order valence-electron chi connectivity index (χ4n) is 1.54. The van der Waals surface area contributed by atoms with Gasteiger partial charge in [-0.05, 0) is 49.4 Å². The first-order chi connectivity index (χ1) is 8.56. The van der Waals surface area contributed by atoms with Gasteiger partial charge >= 0.3 is 0 Å². The average molecular weight is 263 g/mol. The fraction of sp³-hybridized carbons (Fsp3) is 0.0714. The third-order valence-corrected chi connectivity index (χ3v) is 2.72. The molecule has 1 unspecified atom stereocenters. The molecule has 0 aliphatic carbocycles. The van der Waals surface area contributed by atoms with Gasteiger partial charge in [-0.3, -0.25) is 0 Å². The largest absolute Gasteiger partial charge is 0.457 e. The number of rotatable bonds is 3. The van der Waals surface area contributed by atoms with Crippen LogP contribution in [-0.4, -0.2) is 5.11 Å². The summed E-state index contributed by atoms with van der Waals surface area (Å²) in [7, 11) is 0. The SMILES string of the molecule is [CH2]C(O)c1cc(Oc2ccc(Cl)cc2)ccc1N. The Bertz CT molecular complexity index is 538. The number of nitrogen functional groups attached to an aromatic ring is 1. The zero-order valence-corrected chi connectivity index (χ0v) is 10.4. The molecule has 0 bridgehead atoms. The molecule has 0 saturated heterocycles. The van der Waals surface area contributed by atoms with E-state index in [-0.39, 0.29) is 0 Å². The minimum atomic E-state index is -0.876. The zero-order chi connectivity index (χ0) is 13.1. The Kier molecular flexibility index (Phi) is 3.75. The summed E-state index contributed by atoms with van der Waals surface area (Å²) in [6.07, 6.45) is -0.876. The van der Waals surface area contributed by atoms with Crippen molar-refractivity contribution in [3.63, 3.8) is 0 Å². The van der Waals surface area contributed by atoms with Crippen LogP contribution in [0.25, 0.3) is 0 Å². The van der Waals surface area contributed by atoms with E-state index in [1.807, 2.05) is 0 Å². The van der Waals surface area contributed by atoms with Crippen LogP contribution in [0.5, 0.6) is 11.5 Å². The van der Waals surface area contributed by atoms with Gasteiger partial charge < -0.3 is 15.6 Å². The van der Waals surface area contributed by atoms with Crippen molar-refractivity contribution in [3.05, 3.63) is 60.0 Å². The van der Waals surface area contributed by atoms with Crippen molar-refractivity contribution in [1.82, 2.24) is 0 Å². The Hall–Kier alpha value is -1.71. The number of hydrogen-bond acceptors (Lipinski definition) is 3. The molecule has 3 N–H and O–H groups in total. The van der Waals surface area contributed by atoms with Gasteiger partial charge in [0.2, 0.25) is 0 Å². The number of nitrogens with two attached hydrogens (primary N) is 1. The van der Waals surface area contributed by atoms with Crippen LogP contribution in [0.4, 0.5) is 5.69 Å². The summed E-state index contributed by atoms with van der Waals surface area (Å²) >= 11 is 5.79. The van der Waals surface area contributed by atoms with E-state index in [0.29, 0.717) is 27.8 Å². The van der Waals surface area contributed by atoms with E-state index in [0.717, 1.165) is 0 Å². The van der Waals surface area contributed by atoms with Crippen molar-refractivity contribution in [2.24, 2.45) is 0 Å². The quantitative estimate of drug-likeness (QED) is 0.832. The first-order valence-electron chi connectivity index (χ1n) is 5.40. The normalized spacial score (nSPS) is 12.2. The van der Waals surface area contributed by atoms with Crippen molar-refractivity contribution >= 4 is 17.3 Å². The Morgan fingerprint density at radius 2 is 1.72 bits per heavy atom.